The van der Waals surface area contributed by atoms with Crippen LogP contribution in [0.2, 0.25) is 0 Å². The van der Waals surface area contributed by atoms with Gasteiger partial charge in [0.1, 0.15) is 6.61 Å². The van der Waals surface area contributed by atoms with Gasteiger partial charge < -0.3 is 14.7 Å². The number of anilines is 1. The molecule has 2 heterocycles. The van der Waals surface area contributed by atoms with Crippen molar-refractivity contribution in [1.29, 1.82) is 0 Å². The van der Waals surface area contributed by atoms with E-state index in [-0.39, 0.29) is 18.0 Å². The molecule has 3 rings (SSSR count). The van der Waals surface area contributed by atoms with Gasteiger partial charge in [0.2, 0.25) is 0 Å². The first-order chi connectivity index (χ1) is 12.2. The number of β-amino-alcohol motifs (C(OH)–C–C–N with tert-alkyl or cyclic N) is 1. The first-order valence-electron chi connectivity index (χ1n) is 9.05. The van der Waals surface area contributed by atoms with E-state index in [0.717, 1.165) is 18.8 Å². The zero-order valence-corrected chi connectivity index (χ0v) is 15.6. The number of amides is 2. The lowest BCUT2D eigenvalue weighted by molar-refractivity contribution is 0.00577. The Morgan fingerprint density at radius 2 is 1.92 bits per heavy atom. The maximum Gasteiger partial charge on any atom is 0.414 e. The minimum atomic E-state index is -0.738. The van der Waals surface area contributed by atoms with Gasteiger partial charge in [0.15, 0.2) is 0 Å². The molecule has 0 radical (unpaired) electrons. The Labute approximate surface area is 154 Å². The number of hydrogen-bond acceptors (Lipinski definition) is 5. The van der Waals surface area contributed by atoms with Crippen LogP contribution in [0.25, 0.3) is 0 Å². The highest BCUT2D eigenvalue weighted by Gasteiger charge is 2.30. The molecule has 1 N–H and O–H groups in total. The molecule has 2 aliphatic heterocycles. The fourth-order valence-corrected chi connectivity index (χ4v) is 3.60. The Morgan fingerprint density at radius 3 is 2.46 bits per heavy atom. The van der Waals surface area contributed by atoms with E-state index in [1.807, 2.05) is 11.8 Å². The summed E-state index contributed by atoms with van der Waals surface area (Å²) in [5, 5.41) is 9.98. The number of benzene rings is 1. The molecule has 0 unspecified atom stereocenters. The molecular formula is C19H27N3O4. The molecule has 1 aromatic rings. The molecule has 2 saturated heterocycles. The van der Waals surface area contributed by atoms with Crippen LogP contribution in [0.1, 0.15) is 31.1 Å². The van der Waals surface area contributed by atoms with E-state index in [4.69, 9.17) is 4.74 Å². The summed E-state index contributed by atoms with van der Waals surface area (Å²) < 4.78 is 4.94. The lowest BCUT2D eigenvalue weighted by Gasteiger charge is -2.41. The van der Waals surface area contributed by atoms with Gasteiger partial charge in [0.25, 0.3) is 5.91 Å². The smallest absolute Gasteiger partial charge is 0.414 e. The third kappa shape index (κ3) is 4.16. The van der Waals surface area contributed by atoms with Crippen molar-refractivity contribution in [2.75, 3.05) is 44.2 Å². The number of cyclic esters (lactones) is 1. The zero-order chi connectivity index (χ0) is 18.9. The summed E-state index contributed by atoms with van der Waals surface area (Å²) in [6, 6.07) is 7.18. The predicted molar refractivity (Wildman–Crippen MR) is 98.4 cm³/mol. The van der Waals surface area contributed by atoms with Gasteiger partial charge in [-0.1, -0.05) is 0 Å². The van der Waals surface area contributed by atoms with Gasteiger partial charge in [-0.2, -0.15) is 0 Å². The van der Waals surface area contributed by atoms with Crippen molar-refractivity contribution in [3.63, 3.8) is 0 Å². The van der Waals surface area contributed by atoms with Crippen LogP contribution >= 0.6 is 0 Å². The maximum atomic E-state index is 12.9. The van der Waals surface area contributed by atoms with Gasteiger partial charge in [-0.25, -0.2) is 4.79 Å². The summed E-state index contributed by atoms with van der Waals surface area (Å²) in [4.78, 5) is 30.1. The van der Waals surface area contributed by atoms with Gasteiger partial charge in [-0.15, -0.1) is 0 Å². The predicted octanol–water partition coefficient (Wildman–Crippen LogP) is 1.56. The number of carbonyl (C=O) groups is 2. The molecule has 0 aliphatic carbocycles. The van der Waals surface area contributed by atoms with Gasteiger partial charge in [-0.05, 0) is 45.0 Å². The Balaban J connectivity index is 1.63. The normalized spacial score (nSPS) is 21.8. The van der Waals surface area contributed by atoms with Gasteiger partial charge in [-0.3, -0.25) is 14.6 Å². The fraction of sp³-hybridized carbons (Fsp3) is 0.579. The second-order valence-corrected chi connectivity index (χ2v) is 7.71. The average Bonchev–Trinajstić information content (AvgIpc) is 2.99. The lowest BCUT2D eigenvalue weighted by Crippen LogP contribution is -2.56. The van der Waals surface area contributed by atoms with Crippen LogP contribution in [0.15, 0.2) is 24.3 Å². The topological polar surface area (TPSA) is 73.3 Å². The quantitative estimate of drug-likeness (QED) is 0.881. The second kappa shape index (κ2) is 7.25. The van der Waals surface area contributed by atoms with Gasteiger partial charge >= 0.3 is 6.09 Å². The van der Waals surface area contributed by atoms with Gasteiger partial charge in [0, 0.05) is 43.5 Å². The maximum absolute atomic E-state index is 12.9. The molecule has 0 spiro atoms. The van der Waals surface area contributed by atoms with Crippen LogP contribution in [0, 0.1) is 0 Å². The van der Waals surface area contributed by atoms with Crippen molar-refractivity contribution < 1.29 is 19.4 Å². The number of piperazine rings is 1. The minimum absolute atomic E-state index is 0.00374. The Kier molecular flexibility index (Phi) is 5.20. The molecule has 2 fully saturated rings. The van der Waals surface area contributed by atoms with E-state index in [0.29, 0.717) is 31.8 Å². The molecule has 26 heavy (non-hydrogen) atoms. The highest BCUT2D eigenvalue weighted by molar-refractivity contribution is 5.96. The van der Waals surface area contributed by atoms with Crippen molar-refractivity contribution in [3.05, 3.63) is 29.8 Å². The lowest BCUT2D eigenvalue weighted by atomic mass is 10.1. The third-order valence-corrected chi connectivity index (χ3v) is 4.77. The molecule has 7 nitrogen and oxygen atoms in total. The highest BCUT2D eigenvalue weighted by atomic mass is 16.6. The Morgan fingerprint density at radius 1 is 1.23 bits per heavy atom. The van der Waals surface area contributed by atoms with Crippen LogP contribution in [0.3, 0.4) is 0 Å². The molecule has 7 heteroatoms. The molecule has 2 aliphatic rings. The first kappa shape index (κ1) is 18.7. The minimum Gasteiger partial charge on any atom is -0.447 e. The highest BCUT2D eigenvalue weighted by Crippen LogP contribution is 2.21. The Hall–Kier alpha value is -2.12. The fourth-order valence-electron chi connectivity index (χ4n) is 3.60. The summed E-state index contributed by atoms with van der Waals surface area (Å²) in [6.45, 7) is 9.28. The molecule has 0 bridgehead atoms. The third-order valence-electron chi connectivity index (χ3n) is 4.77. The number of carbonyl (C=O) groups excluding carboxylic acids is 2. The standard InChI is InChI=1S/C19H27N3O4/c1-14-12-20(13-19(2,3)25)8-9-21(14)17(23)15-4-6-16(7-5-15)22-10-11-26-18(22)24/h4-7,14,25H,8-13H2,1-3H3/t14-/m0/s1. The van der Waals surface area contributed by atoms with E-state index >= 15 is 0 Å². The molecule has 142 valence electrons. The first-order valence-corrected chi connectivity index (χ1v) is 9.05. The van der Waals surface area contributed by atoms with Crippen LogP contribution in [-0.4, -0.2) is 77.9 Å². The van der Waals surface area contributed by atoms with Crippen LogP contribution in [0.5, 0.6) is 0 Å². The number of hydrogen-bond donors (Lipinski definition) is 1. The number of aliphatic hydroxyl groups is 1. The Bertz CT molecular complexity index is 668. The molecule has 1 atom stereocenters. The van der Waals surface area contributed by atoms with E-state index in [2.05, 4.69) is 4.90 Å². The van der Waals surface area contributed by atoms with Gasteiger partial charge in [0.05, 0.1) is 12.1 Å². The molecule has 1 aromatic carbocycles. The monoisotopic (exact) mass is 361 g/mol. The SMILES string of the molecule is C[C@H]1CN(CC(C)(C)O)CCN1C(=O)c1ccc(N2CCOC2=O)cc1. The molecular weight excluding hydrogens is 334 g/mol. The van der Waals surface area contributed by atoms with Crippen LogP contribution in [0.4, 0.5) is 10.5 Å². The van der Waals surface area contributed by atoms with E-state index in [1.54, 1.807) is 43.0 Å². The summed E-state index contributed by atoms with van der Waals surface area (Å²) >= 11 is 0. The number of nitrogens with zero attached hydrogens (tertiary/aromatic N) is 3. The molecule has 2 amide bonds. The second-order valence-electron chi connectivity index (χ2n) is 7.71. The zero-order valence-electron chi connectivity index (χ0n) is 15.6. The van der Waals surface area contributed by atoms with Crippen molar-refractivity contribution in [3.8, 4) is 0 Å². The van der Waals surface area contributed by atoms with Crippen LogP contribution in [-0.2, 0) is 4.74 Å². The van der Waals surface area contributed by atoms with Crippen molar-refractivity contribution >= 4 is 17.7 Å². The summed E-state index contributed by atoms with van der Waals surface area (Å²) in [7, 11) is 0. The summed E-state index contributed by atoms with van der Waals surface area (Å²) in [6.07, 6.45) is -0.347. The van der Waals surface area contributed by atoms with Crippen molar-refractivity contribution in [2.24, 2.45) is 0 Å². The van der Waals surface area contributed by atoms with E-state index < -0.39 is 5.60 Å². The largest absolute Gasteiger partial charge is 0.447 e. The van der Waals surface area contributed by atoms with Crippen LogP contribution < -0.4 is 4.90 Å². The summed E-state index contributed by atoms with van der Waals surface area (Å²) in [5.74, 6) is -0.00374. The number of rotatable bonds is 4. The summed E-state index contributed by atoms with van der Waals surface area (Å²) in [5.41, 5.74) is 0.620. The molecule has 0 aromatic heterocycles. The molecule has 0 saturated carbocycles. The average molecular weight is 361 g/mol. The number of ether oxygens (including phenoxy) is 1. The van der Waals surface area contributed by atoms with E-state index in [9.17, 15) is 14.7 Å². The van der Waals surface area contributed by atoms with Crippen molar-refractivity contribution in [1.82, 2.24) is 9.80 Å². The van der Waals surface area contributed by atoms with E-state index in [1.165, 1.54) is 0 Å². The van der Waals surface area contributed by atoms with Crippen molar-refractivity contribution in [2.45, 2.75) is 32.4 Å².